The summed E-state index contributed by atoms with van der Waals surface area (Å²) in [5, 5.41) is 32.9. The number of aromatic nitrogens is 5. The lowest BCUT2D eigenvalue weighted by atomic mass is 10.1. The van der Waals surface area contributed by atoms with Gasteiger partial charge in [-0.25, -0.2) is 9.97 Å². The normalized spacial score (nSPS) is 17.0. The Labute approximate surface area is 259 Å². The molecule has 0 radical (unpaired) electrons. The Kier molecular flexibility index (Phi) is 8.45. The van der Waals surface area contributed by atoms with Crippen molar-refractivity contribution >= 4 is 45.9 Å². The number of anilines is 4. The van der Waals surface area contributed by atoms with Crippen LogP contribution in [0.2, 0.25) is 0 Å². The van der Waals surface area contributed by atoms with Crippen LogP contribution in [0.4, 0.5) is 29.0 Å². The minimum absolute atomic E-state index is 0.0206. The van der Waals surface area contributed by atoms with Crippen molar-refractivity contribution in [2.75, 3.05) is 55.4 Å². The number of β-amino-alcohol motifs (C(OH)–C–C–N with tert-alkyl or cyclic N) is 2. The molecule has 0 spiro atoms. The van der Waals surface area contributed by atoms with Gasteiger partial charge in [0.2, 0.25) is 5.95 Å². The summed E-state index contributed by atoms with van der Waals surface area (Å²) in [4.78, 5) is 45.5. The second kappa shape index (κ2) is 12.6. The molecule has 0 aromatic carbocycles. The number of aliphatic hydroxyl groups is 2. The van der Waals surface area contributed by atoms with E-state index >= 15 is 0 Å². The molecule has 2 saturated heterocycles. The standard InChI is InChI=1S/C22H27N7O2.C8H9N3O3/c1-27(2)21(31)18-9-14-10-24-22(26-20(14)29(18)15-5-3-4-6-15)25-19-8-7-16(11-23-19)28-12-17(30)13-28;12-7-4-10(5-7)6-1-2-8(9-3-6)11(13)14/h7-11,15,17,30H,3-6,12-13H2,1-2H3,(H,23,24,25,26);1-3,7,12H,4-5H2. The van der Waals surface area contributed by atoms with Crippen molar-refractivity contribution in [3.63, 3.8) is 0 Å². The van der Waals surface area contributed by atoms with Crippen molar-refractivity contribution in [3.8, 4) is 0 Å². The Morgan fingerprint density at radius 1 is 0.933 bits per heavy atom. The summed E-state index contributed by atoms with van der Waals surface area (Å²) < 4.78 is 2.10. The summed E-state index contributed by atoms with van der Waals surface area (Å²) in [6, 6.07) is 9.02. The van der Waals surface area contributed by atoms with Crippen LogP contribution in [-0.2, 0) is 0 Å². The number of aliphatic hydroxyl groups excluding tert-OH is 2. The van der Waals surface area contributed by atoms with E-state index in [9.17, 15) is 20.0 Å². The molecule has 3 fully saturated rings. The van der Waals surface area contributed by atoms with Gasteiger partial charge < -0.3 is 44.9 Å². The summed E-state index contributed by atoms with van der Waals surface area (Å²) in [5.74, 6) is 0.920. The predicted molar refractivity (Wildman–Crippen MR) is 168 cm³/mol. The minimum Gasteiger partial charge on any atom is -0.389 e. The van der Waals surface area contributed by atoms with Crippen LogP contribution in [0.3, 0.4) is 0 Å². The van der Waals surface area contributed by atoms with E-state index in [0.29, 0.717) is 43.6 Å². The van der Waals surface area contributed by atoms with E-state index in [-0.39, 0.29) is 30.0 Å². The Bertz CT molecular complexity index is 1660. The highest BCUT2D eigenvalue weighted by Gasteiger charge is 2.28. The van der Waals surface area contributed by atoms with Crippen LogP contribution >= 0.6 is 0 Å². The number of pyridine rings is 2. The molecule has 3 N–H and O–H groups in total. The lowest BCUT2D eigenvalue weighted by Gasteiger charge is -2.37. The summed E-state index contributed by atoms with van der Waals surface area (Å²) in [6.07, 6.45) is 8.89. The third-order valence-electron chi connectivity index (χ3n) is 8.25. The fourth-order valence-electron chi connectivity index (χ4n) is 5.76. The molecule has 15 heteroatoms. The van der Waals surface area contributed by atoms with Crippen LogP contribution in [0.1, 0.15) is 42.2 Å². The maximum absolute atomic E-state index is 12.8. The molecule has 3 aliphatic rings. The number of carbonyl (C=O) groups is 1. The maximum Gasteiger partial charge on any atom is 0.363 e. The molecule has 0 bridgehead atoms. The van der Waals surface area contributed by atoms with Crippen LogP contribution in [0.25, 0.3) is 11.0 Å². The van der Waals surface area contributed by atoms with Gasteiger partial charge in [-0.2, -0.15) is 4.98 Å². The van der Waals surface area contributed by atoms with Crippen molar-refractivity contribution in [2.24, 2.45) is 0 Å². The number of hydrogen-bond acceptors (Lipinski definition) is 12. The summed E-state index contributed by atoms with van der Waals surface area (Å²) >= 11 is 0. The van der Waals surface area contributed by atoms with Gasteiger partial charge in [-0.15, -0.1) is 0 Å². The zero-order chi connectivity index (χ0) is 31.7. The van der Waals surface area contributed by atoms with Gasteiger partial charge in [0.25, 0.3) is 5.91 Å². The van der Waals surface area contributed by atoms with Gasteiger partial charge in [-0.1, -0.05) is 12.8 Å². The fraction of sp³-hybridized carbons (Fsp3) is 0.433. The maximum atomic E-state index is 12.8. The number of rotatable bonds is 7. The predicted octanol–water partition coefficient (Wildman–Crippen LogP) is 2.74. The first-order valence-electron chi connectivity index (χ1n) is 15.0. The Hall–Kier alpha value is -4.89. The second-order valence-corrected chi connectivity index (χ2v) is 11.8. The van der Waals surface area contributed by atoms with Crippen molar-refractivity contribution < 1.29 is 19.9 Å². The third kappa shape index (κ3) is 6.49. The number of carbonyl (C=O) groups excluding carboxylic acids is 1. The van der Waals surface area contributed by atoms with Crippen molar-refractivity contribution in [1.29, 1.82) is 0 Å². The summed E-state index contributed by atoms with van der Waals surface area (Å²) in [6.45, 7) is 2.42. The van der Waals surface area contributed by atoms with E-state index < -0.39 is 4.92 Å². The lowest BCUT2D eigenvalue weighted by Crippen LogP contribution is -2.50. The zero-order valence-corrected chi connectivity index (χ0v) is 25.2. The quantitative estimate of drug-likeness (QED) is 0.205. The monoisotopic (exact) mass is 616 g/mol. The van der Waals surface area contributed by atoms with Gasteiger partial charge in [0.1, 0.15) is 17.2 Å². The van der Waals surface area contributed by atoms with E-state index in [2.05, 4.69) is 29.7 Å². The average molecular weight is 617 g/mol. The molecule has 236 valence electrons. The molecule has 7 rings (SSSR count). The molecule has 4 aromatic heterocycles. The molecule has 0 unspecified atom stereocenters. The first-order chi connectivity index (χ1) is 21.7. The molecular formula is C30H36N10O5. The number of fused-ring (bicyclic) bond motifs is 1. The molecule has 15 nitrogen and oxygen atoms in total. The number of hydrogen-bond donors (Lipinski definition) is 3. The van der Waals surface area contributed by atoms with E-state index in [0.717, 1.165) is 35.2 Å². The molecular weight excluding hydrogens is 580 g/mol. The van der Waals surface area contributed by atoms with Crippen molar-refractivity contribution in [3.05, 3.63) is 64.7 Å². The molecule has 4 aromatic rings. The van der Waals surface area contributed by atoms with E-state index in [4.69, 9.17) is 10.1 Å². The lowest BCUT2D eigenvalue weighted by molar-refractivity contribution is -0.389. The molecule has 0 atom stereocenters. The number of nitrogens with zero attached hydrogens (tertiary/aromatic N) is 9. The molecule has 1 aliphatic carbocycles. The fourth-order valence-corrected chi connectivity index (χ4v) is 5.76. The topological polar surface area (TPSA) is 179 Å². The van der Waals surface area contributed by atoms with Crippen LogP contribution in [0.5, 0.6) is 0 Å². The largest absolute Gasteiger partial charge is 0.389 e. The number of nitrogens with one attached hydrogen (secondary N) is 1. The Morgan fingerprint density at radius 3 is 2.07 bits per heavy atom. The molecule has 1 saturated carbocycles. The van der Waals surface area contributed by atoms with Crippen LogP contribution in [-0.4, -0.2) is 103 Å². The highest BCUT2D eigenvalue weighted by Crippen LogP contribution is 2.35. The van der Waals surface area contributed by atoms with Crippen LogP contribution in [0.15, 0.2) is 48.9 Å². The summed E-state index contributed by atoms with van der Waals surface area (Å²) in [5.41, 5.74) is 3.23. The zero-order valence-electron chi connectivity index (χ0n) is 25.2. The first kappa shape index (κ1) is 30.1. The van der Waals surface area contributed by atoms with Gasteiger partial charge in [0, 0.05) is 64.0 Å². The van der Waals surface area contributed by atoms with Crippen molar-refractivity contribution in [2.45, 2.75) is 43.9 Å². The van der Waals surface area contributed by atoms with Gasteiger partial charge in [-0.05, 0) is 47.0 Å². The molecule has 1 amide bonds. The Morgan fingerprint density at radius 2 is 1.56 bits per heavy atom. The minimum atomic E-state index is -0.533. The van der Waals surface area contributed by atoms with Gasteiger partial charge in [-0.3, -0.25) is 4.79 Å². The van der Waals surface area contributed by atoms with E-state index in [1.54, 1.807) is 37.5 Å². The van der Waals surface area contributed by atoms with Crippen LogP contribution < -0.4 is 15.1 Å². The SMILES string of the molecule is CN(C)C(=O)c1cc2cnc(Nc3ccc(N4CC(O)C4)cn3)nc2n1C1CCCC1.O=[N+]([O-])c1ccc(N2CC(O)C2)cn1. The molecule has 2 aliphatic heterocycles. The van der Waals surface area contributed by atoms with Crippen LogP contribution in [0, 0.1) is 10.1 Å². The Balaban J connectivity index is 0.000000213. The smallest absolute Gasteiger partial charge is 0.363 e. The third-order valence-corrected chi connectivity index (χ3v) is 8.25. The van der Waals surface area contributed by atoms with Gasteiger partial charge in [0.15, 0.2) is 6.20 Å². The molecule has 45 heavy (non-hydrogen) atoms. The highest BCUT2D eigenvalue weighted by atomic mass is 16.6. The number of amides is 1. The van der Waals surface area contributed by atoms with E-state index in [1.165, 1.54) is 25.1 Å². The number of nitro groups is 1. The van der Waals surface area contributed by atoms with Crippen molar-refractivity contribution in [1.82, 2.24) is 29.4 Å². The van der Waals surface area contributed by atoms with Gasteiger partial charge in [0.05, 0.1) is 29.8 Å². The average Bonchev–Trinajstić information content (AvgIpc) is 3.66. The van der Waals surface area contributed by atoms with Gasteiger partial charge >= 0.3 is 5.82 Å². The second-order valence-electron chi connectivity index (χ2n) is 11.8. The highest BCUT2D eigenvalue weighted by molar-refractivity contribution is 5.97. The summed E-state index contributed by atoms with van der Waals surface area (Å²) in [7, 11) is 3.54. The van der Waals surface area contributed by atoms with E-state index in [1.807, 2.05) is 23.1 Å². The first-order valence-corrected chi connectivity index (χ1v) is 15.0. The molecule has 6 heterocycles.